The van der Waals surface area contributed by atoms with Gasteiger partial charge in [0.05, 0.1) is 10.2 Å². The summed E-state index contributed by atoms with van der Waals surface area (Å²) in [5.41, 5.74) is 3.43. The second-order valence-corrected chi connectivity index (χ2v) is 8.06. The first-order chi connectivity index (χ1) is 12.2. The van der Waals surface area contributed by atoms with Gasteiger partial charge in [-0.1, -0.05) is 59.3 Å². The molecule has 0 amide bonds. The Morgan fingerprint density at radius 2 is 1.88 bits per heavy atom. The standard InChI is InChI=1S/C19H19Cl2N3S.ClH/c20-11-14-4-3-5-15(10-14)12-23-8-9-24(18(21)13-23)19-22-16-6-1-2-7-17(16)25-19;/h1-7,10,18H,8-9,11-13H2;1H. The number of fused-ring (bicyclic) bond motifs is 1. The number of nitrogens with zero attached hydrogens (tertiary/aromatic N) is 3. The van der Waals surface area contributed by atoms with E-state index >= 15 is 0 Å². The number of rotatable bonds is 4. The molecule has 0 aliphatic carbocycles. The summed E-state index contributed by atoms with van der Waals surface area (Å²) in [5, 5.41) is 1.02. The molecule has 0 radical (unpaired) electrons. The van der Waals surface area contributed by atoms with E-state index in [0.717, 1.165) is 42.4 Å². The van der Waals surface area contributed by atoms with Crippen LogP contribution in [0.1, 0.15) is 11.1 Å². The zero-order valence-electron chi connectivity index (χ0n) is 14.1. The lowest BCUT2D eigenvalue weighted by Crippen LogP contribution is -2.50. The van der Waals surface area contributed by atoms with Crippen LogP contribution in [0.15, 0.2) is 48.5 Å². The number of anilines is 1. The van der Waals surface area contributed by atoms with Gasteiger partial charge in [-0.05, 0) is 23.3 Å². The molecule has 0 saturated carbocycles. The summed E-state index contributed by atoms with van der Waals surface area (Å²) in [4.78, 5) is 9.36. The Hall–Kier alpha value is -1.04. The Labute approximate surface area is 173 Å². The zero-order valence-corrected chi connectivity index (χ0v) is 17.3. The maximum Gasteiger partial charge on any atom is 0.187 e. The number of thiazole rings is 1. The van der Waals surface area contributed by atoms with Gasteiger partial charge in [0.2, 0.25) is 0 Å². The molecule has 2 heterocycles. The zero-order chi connectivity index (χ0) is 17.2. The SMILES string of the molecule is Cl.ClCc1cccc(CN2CCN(c3nc4ccccc4s3)C(Cl)C2)c1. The molecule has 0 spiro atoms. The molecule has 3 nitrogen and oxygen atoms in total. The second kappa shape index (κ2) is 8.77. The Kier molecular flexibility index (Phi) is 6.65. The van der Waals surface area contributed by atoms with Crippen molar-refractivity contribution in [3.63, 3.8) is 0 Å². The van der Waals surface area contributed by atoms with Crippen molar-refractivity contribution in [2.45, 2.75) is 17.9 Å². The summed E-state index contributed by atoms with van der Waals surface area (Å²) >= 11 is 14.3. The van der Waals surface area contributed by atoms with Crippen LogP contribution in [0.5, 0.6) is 0 Å². The highest BCUT2D eigenvalue weighted by atomic mass is 35.5. The summed E-state index contributed by atoms with van der Waals surface area (Å²) in [7, 11) is 0. The minimum Gasteiger partial charge on any atom is -0.329 e. The Morgan fingerprint density at radius 3 is 2.65 bits per heavy atom. The lowest BCUT2D eigenvalue weighted by atomic mass is 10.1. The first-order valence-corrected chi connectivity index (χ1v) is 10.1. The van der Waals surface area contributed by atoms with Gasteiger partial charge in [0.1, 0.15) is 5.50 Å². The number of aromatic nitrogens is 1. The van der Waals surface area contributed by atoms with Crippen molar-refractivity contribution in [3.8, 4) is 0 Å². The van der Waals surface area contributed by atoms with Crippen molar-refractivity contribution in [1.29, 1.82) is 0 Å². The fourth-order valence-corrected chi connectivity index (χ4v) is 4.85. The Bertz CT molecular complexity index is 837. The molecule has 1 aromatic heterocycles. The summed E-state index contributed by atoms with van der Waals surface area (Å²) in [6.45, 7) is 3.59. The van der Waals surface area contributed by atoms with Crippen LogP contribution in [0, 0.1) is 0 Å². The predicted octanol–water partition coefficient (Wildman–Crippen LogP) is 5.34. The van der Waals surface area contributed by atoms with E-state index in [1.165, 1.54) is 10.3 Å². The molecular weight excluding hydrogens is 409 g/mol. The lowest BCUT2D eigenvalue weighted by molar-refractivity contribution is 0.239. The first-order valence-electron chi connectivity index (χ1n) is 8.35. The van der Waals surface area contributed by atoms with Crippen molar-refractivity contribution in [2.24, 2.45) is 0 Å². The van der Waals surface area contributed by atoms with Crippen molar-refractivity contribution in [3.05, 3.63) is 59.7 Å². The minimum absolute atomic E-state index is 0. The molecule has 1 atom stereocenters. The third-order valence-electron chi connectivity index (χ3n) is 4.48. The molecule has 7 heteroatoms. The fourth-order valence-electron chi connectivity index (χ4n) is 3.20. The predicted molar refractivity (Wildman–Crippen MR) is 115 cm³/mol. The number of hydrogen-bond acceptors (Lipinski definition) is 4. The number of alkyl halides is 2. The van der Waals surface area contributed by atoms with E-state index in [0.29, 0.717) is 5.88 Å². The number of para-hydroxylation sites is 1. The summed E-state index contributed by atoms with van der Waals surface area (Å²) in [6.07, 6.45) is 0. The lowest BCUT2D eigenvalue weighted by Gasteiger charge is -2.38. The van der Waals surface area contributed by atoms with Crippen molar-refractivity contribution >= 4 is 62.3 Å². The third kappa shape index (κ3) is 4.26. The van der Waals surface area contributed by atoms with Crippen molar-refractivity contribution in [2.75, 3.05) is 24.5 Å². The van der Waals surface area contributed by atoms with Crippen LogP contribution in [0.2, 0.25) is 0 Å². The van der Waals surface area contributed by atoms with Crippen LogP contribution in [0.4, 0.5) is 5.13 Å². The number of piperazine rings is 1. The molecule has 138 valence electrons. The van der Waals surface area contributed by atoms with Crippen LogP contribution in [-0.4, -0.2) is 35.0 Å². The molecule has 0 bridgehead atoms. The van der Waals surface area contributed by atoms with Gasteiger partial charge >= 0.3 is 0 Å². The van der Waals surface area contributed by atoms with Gasteiger partial charge in [-0.15, -0.1) is 24.0 Å². The Balaban J connectivity index is 0.00000196. The van der Waals surface area contributed by atoms with Gasteiger partial charge in [-0.2, -0.15) is 0 Å². The highest BCUT2D eigenvalue weighted by molar-refractivity contribution is 7.22. The maximum atomic E-state index is 6.69. The van der Waals surface area contributed by atoms with Crippen LogP contribution in [-0.2, 0) is 12.4 Å². The summed E-state index contributed by atoms with van der Waals surface area (Å²) in [6, 6.07) is 16.7. The first kappa shape index (κ1) is 19.7. The maximum absolute atomic E-state index is 6.69. The molecule has 1 fully saturated rings. The van der Waals surface area contributed by atoms with E-state index in [2.05, 4.69) is 52.3 Å². The van der Waals surface area contributed by atoms with Crippen molar-refractivity contribution in [1.82, 2.24) is 9.88 Å². The topological polar surface area (TPSA) is 19.4 Å². The molecule has 1 unspecified atom stereocenters. The van der Waals surface area contributed by atoms with E-state index in [-0.39, 0.29) is 17.9 Å². The van der Waals surface area contributed by atoms with Gasteiger partial charge in [0.15, 0.2) is 5.13 Å². The molecule has 0 N–H and O–H groups in total. The molecule has 1 saturated heterocycles. The number of benzene rings is 2. The number of hydrogen-bond donors (Lipinski definition) is 0. The molecule has 26 heavy (non-hydrogen) atoms. The van der Waals surface area contributed by atoms with E-state index in [4.69, 9.17) is 28.2 Å². The van der Waals surface area contributed by atoms with Crippen LogP contribution >= 0.6 is 46.9 Å². The van der Waals surface area contributed by atoms with Gasteiger partial charge < -0.3 is 4.90 Å². The van der Waals surface area contributed by atoms with E-state index in [1.54, 1.807) is 11.3 Å². The molecule has 2 aromatic carbocycles. The molecule has 1 aliphatic heterocycles. The van der Waals surface area contributed by atoms with E-state index < -0.39 is 0 Å². The molecule has 3 aromatic rings. The molecular formula is C19H20Cl3N3S. The van der Waals surface area contributed by atoms with Crippen LogP contribution < -0.4 is 4.90 Å². The van der Waals surface area contributed by atoms with Crippen LogP contribution in [0.25, 0.3) is 10.2 Å². The Morgan fingerprint density at radius 1 is 1.08 bits per heavy atom. The van der Waals surface area contributed by atoms with Gasteiger partial charge in [0, 0.05) is 32.1 Å². The van der Waals surface area contributed by atoms with E-state index in [1.807, 2.05) is 6.07 Å². The average Bonchev–Trinajstić information content (AvgIpc) is 3.05. The highest BCUT2D eigenvalue weighted by Crippen LogP contribution is 2.32. The van der Waals surface area contributed by atoms with E-state index in [9.17, 15) is 0 Å². The second-order valence-electron chi connectivity index (χ2n) is 6.28. The normalized spacial score (nSPS) is 18.1. The largest absolute Gasteiger partial charge is 0.329 e. The van der Waals surface area contributed by atoms with Crippen LogP contribution in [0.3, 0.4) is 0 Å². The third-order valence-corrected chi connectivity index (χ3v) is 6.24. The molecule has 4 rings (SSSR count). The average molecular weight is 429 g/mol. The smallest absolute Gasteiger partial charge is 0.187 e. The fraction of sp³-hybridized carbons (Fsp3) is 0.316. The number of halogens is 3. The highest BCUT2D eigenvalue weighted by Gasteiger charge is 2.27. The van der Waals surface area contributed by atoms with Crippen molar-refractivity contribution < 1.29 is 0 Å². The summed E-state index contributed by atoms with van der Waals surface area (Å²) < 4.78 is 1.21. The minimum atomic E-state index is -0.0643. The monoisotopic (exact) mass is 427 g/mol. The van der Waals surface area contributed by atoms with Gasteiger partial charge in [-0.25, -0.2) is 4.98 Å². The molecule has 1 aliphatic rings. The summed E-state index contributed by atoms with van der Waals surface area (Å²) in [5.74, 6) is 0.553. The quantitative estimate of drug-likeness (QED) is 0.413. The van der Waals surface area contributed by atoms with Gasteiger partial charge in [-0.3, -0.25) is 4.90 Å². The van der Waals surface area contributed by atoms with Gasteiger partial charge in [0.25, 0.3) is 0 Å².